The van der Waals surface area contributed by atoms with Crippen LogP contribution in [0.1, 0.15) is 6.92 Å². The quantitative estimate of drug-likeness (QED) is 0.767. The number of nitrogens with zero attached hydrogens (tertiary/aromatic N) is 2. The van der Waals surface area contributed by atoms with E-state index in [0.29, 0.717) is 12.4 Å². The molecule has 0 saturated carbocycles. The third kappa shape index (κ3) is 2.72. The lowest BCUT2D eigenvalue weighted by atomic mass is 10.1. The minimum absolute atomic E-state index is 0.413. The molecule has 90 valence electrons. The number of aliphatic hydroxyl groups excluding tert-OH is 1. The Morgan fingerprint density at radius 2 is 2.18 bits per heavy atom. The predicted octanol–water partition coefficient (Wildman–Crippen LogP) is 1.58. The van der Waals surface area contributed by atoms with Crippen molar-refractivity contribution in [3.63, 3.8) is 0 Å². The molecule has 6 heteroatoms. The zero-order chi connectivity index (χ0) is 12.3. The molecule has 2 aromatic rings. The fourth-order valence-electron chi connectivity index (χ4n) is 1.46. The van der Waals surface area contributed by atoms with E-state index >= 15 is 0 Å². The predicted molar refractivity (Wildman–Crippen MR) is 69.9 cm³/mol. The highest BCUT2D eigenvalue weighted by molar-refractivity contribution is 7.11. The van der Waals surface area contributed by atoms with Crippen LogP contribution in [-0.4, -0.2) is 27.1 Å². The summed E-state index contributed by atoms with van der Waals surface area (Å²) in [6.45, 7) is 2.20. The van der Waals surface area contributed by atoms with Crippen molar-refractivity contribution in [2.24, 2.45) is 0 Å². The van der Waals surface area contributed by atoms with Crippen LogP contribution in [0.4, 0.5) is 10.8 Å². The van der Waals surface area contributed by atoms with Gasteiger partial charge in [-0.1, -0.05) is 0 Å². The van der Waals surface area contributed by atoms with Gasteiger partial charge in [-0.3, -0.25) is 4.98 Å². The van der Waals surface area contributed by atoms with Gasteiger partial charge in [-0.05, 0) is 36.2 Å². The van der Waals surface area contributed by atoms with E-state index in [1.807, 2.05) is 12.1 Å². The molecular formula is C11H14N4OS. The molecule has 0 aliphatic carbocycles. The van der Waals surface area contributed by atoms with Gasteiger partial charge in [-0.15, -0.1) is 0 Å². The first kappa shape index (κ1) is 11.8. The van der Waals surface area contributed by atoms with Crippen LogP contribution >= 0.6 is 11.5 Å². The van der Waals surface area contributed by atoms with E-state index < -0.39 is 6.10 Å². The summed E-state index contributed by atoms with van der Waals surface area (Å²) in [5.41, 5.74) is 7.70. The topological polar surface area (TPSA) is 84.1 Å². The first-order valence-electron chi connectivity index (χ1n) is 5.26. The van der Waals surface area contributed by atoms with Crippen molar-refractivity contribution >= 4 is 22.4 Å². The molecule has 5 nitrogen and oxygen atoms in total. The van der Waals surface area contributed by atoms with Crippen molar-refractivity contribution in [3.05, 3.63) is 24.5 Å². The first-order valence-corrected chi connectivity index (χ1v) is 6.03. The Kier molecular flexibility index (Phi) is 3.55. The zero-order valence-electron chi connectivity index (χ0n) is 9.42. The monoisotopic (exact) mass is 250 g/mol. The van der Waals surface area contributed by atoms with Crippen molar-refractivity contribution < 1.29 is 5.11 Å². The summed E-state index contributed by atoms with van der Waals surface area (Å²) in [5, 5.41) is 13.3. The maximum atomic E-state index is 9.26. The van der Waals surface area contributed by atoms with Crippen LogP contribution in [0.2, 0.25) is 0 Å². The van der Waals surface area contributed by atoms with Crippen LogP contribution in [0, 0.1) is 0 Å². The molecule has 2 heterocycles. The number of rotatable bonds is 4. The standard InChI is InChI=1S/C11H14N4OS/c1-7(16)6-14-11-9(10(12)15-17-11)8-2-4-13-5-3-8/h2-5,7,14,16H,6H2,1H3,(H2,12,15). The minimum atomic E-state index is -0.413. The number of hydrogen-bond acceptors (Lipinski definition) is 6. The Balaban J connectivity index is 2.30. The smallest absolute Gasteiger partial charge is 0.147 e. The molecule has 2 aromatic heterocycles. The number of nitrogens with one attached hydrogen (secondary N) is 1. The maximum Gasteiger partial charge on any atom is 0.147 e. The highest BCUT2D eigenvalue weighted by Gasteiger charge is 2.13. The Labute approximate surface area is 103 Å². The summed E-state index contributed by atoms with van der Waals surface area (Å²) < 4.78 is 4.13. The molecule has 17 heavy (non-hydrogen) atoms. The molecule has 1 atom stereocenters. The van der Waals surface area contributed by atoms with Crippen molar-refractivity contribution in [1.29, 1.82) is 0 Å². The normalized spacial score (nSPS) is 12.4. The Morgan fingerprint density at radius 3 is 2.82 bits per heavy atom. The molecule has 0 saturated heterocycles. The Hall–Kier alpha value is -1.66. The van der Waals surface area contributed by atoms with Gasteiger partial charge in [-0.2, -0.15) is 4.37 Å². The molecule has 0 aliphatic rings. The van der Waals surface area contributed by atoms with E-state index in [1.54, 1.807) is 19.3 Å². The van der Waals surface area contributed by atoms with Crippen molar-refractivity contribution in [3.8, 4) is 11.1 Å². The molecule has 1 unspecified atom stereocenters. The van der Waals surface area contributed by atoms with Crippen LogP contribution in [-0.2, 0) is 0 Å². The van der Waals surface area contributed by atoms with Gasteiger partial charge in [0, 0.05) is 18.9 Å². The lowest BCUT2D eigenvalue weighted by molar-refractivity contribution is 0.208. The number of nitrogen functional groups attached to an aromatic ring is 1. The Morgan fingerprint density at radius 1 is 1.47 bits per heavy atom. The highest BCUT2D eigenvalue weighted by atomic mass is 32.1. The molecule has 0 aromatic carbocycles. The number of aromatic nitrogens is 2. The molecule has 0 radical (unpaired) electrons. The summed E-state index contributed by atoms with van der Waals surface area (Å²) in [5.74, 6) is 0.495. The van der Waals surface area contributed by atoms with Crippen LogP contribution in [0.5, 0.6) is 0 Å². The Bertz CT molecular complexity index is 483. The number of nitrogens with two attached hydrogens (primary N) is 1. The molecule has 0 amide bonds. The SMILES string of the molecule is CC(O)CNc1snc(N)c1-c1ccncc1. The third-order valence-corrected chi connectivity index (χ3v) is 3.06. The van der Waals surface area contributed by atoms with Crippen molar-refractivity contribution in [2.45, 2.75) is 13.0 Å². The van der Waals surface area contributed by atoms with Gasteiger partial charge in [0.1, 0.15) is 10.8 Å². The van der Waals surface area contributed by atoms with Gasteiger partial charge < -0.3 is 16.2 Å². The number of hydrogen-bond donors (Lipinski definition) is 3. The van der Waals surface area contributed by atoms with Gasteiger partial charge in [0.25, 0.3) is 0 Å². The van der Waals surface area contributed by atoms with E-state index in [1.165, 1.54) is 11.5 Å². The first-order chi connectivity index (χ1) is 8.18. The summed E-state index contributed by atoms with van der Waals surface area (Å²) in [4.78, 5) is 3.97. The largest absolute Gasteiger partial charge is 0.392 e. The molecular weight excluding hydrogens is 236 g/mol. The molecule has 2 rings (SSSR count). The summed E-state index contributed by atoms with van der Waals surface area (Å²) >= 11 is 1.30. The highest BCUT2D eigenvalue weighted by Crippen LogP contribution is 2.36. The van der Waals surface area contributed by atoms with Crippen LogP contribution in [0.25, 0.3) is 11.1 Å². The number of aliphatic hydroxyl groups is 1. The van der Waals surface area contributed by atoms with Gasteiger partial charge in [0.05, 0.1) is 11.7 Å². The fraction of sp³-hybridized carbons (Fsp3) is 0.273. The van der Waals surface area contributed by atoms with E-state index in [2.05, 4.69) is 14.7 Å². The summed E-state index contributed by atoms with van der Waals surface area (Å²) in [6, 6.07) is 3.77. The second-order valence-corrected chi connectivity index (χ2v) is 4.51. The van der Waals surface area contributed by atoms with E-state index in [-0.39, 0.29) is 0 Å². The fourth-order valence-corrected chi connectivity index (χ4v) is 2.20. The minimum Gasteiger partial charge on any atom is -0.392 e. The molecule has 4 N–H and O–H groups in total. The van der Waals surface area contributed by atoms with Crippen LogP contribution < -0.4 is 11.1 Å². The van der Waals surface area contributed by atoms with E-state index in [9.17, 15) is 5.11 Å². The maximum absolute atomic E-state index is 9.26. The lowest BCUT2D eigenvalue weighted by Crippen LogP contribution is -2.15. The average Bonchev–Trinajstić information content (AvgIpc) is 2.69. The molecule has 0 fully saturated rings. The molecule has 0 aliphatic heterocycles. The van der Waals surface area contributed by atoms with Gasteiger partial charge in [0.2, 0.25) is 0 Å². The van der Waals surface area contributed by atoms with Crippen LogP contribution in [0.3, 0.4) is 0 Å². The van der Waals surface area contributed by atoms with Gasteiger partial charge >= 0.3 is 0 Å². The summed E-state index contributed by atoms with van der Waals surface area (Å²) in [6.07, 6.45) is 3.01. The second-order valence-electron chi connectivity index (χ2n) is 3.74. The van der Waals surface area contributed by atoms with Gasteiger partial charge in [-0.25, -0.2) is 0 Å². The molecule has 0 spiro atoms. The number of anilines is 2. The lowest BCUT2D eigenvalue weighted by Gasteiger charge is -2.08. The van der Waals surface area contributed by atoms with Crippen LogP contribution in [0.15, 0.2) is 24.5 Å². The zero-order valence-corrected chi connectivity index (χ0v) is 10.2. The van der Waals surface area contributed by atoms with Gasteiger partial charge in [0.15, 0.2) is 0 Å². The third-order valence-electron chi connectivity index (χ3n) is 2.25. The number of pyridine rings is 1. The summed E-state index contributed by atoms with van der Waals surface area (Å²) in [7, 11) is 0. The second kappa shape index (κ2) is 5.11. The van der Waals surface area contributed by atoms with Crippen molar-refractivity contribution in [2.75, 3.05) is 17.6 Å². The van der Waals surface area contributed by atoms with E-state index in [0.717, 1.165) is 16.1 Å². The average molecular weight is 250 g/mol. The molecule has 0 bridgehead atoms. The van der Waals surface area contributed by atoms with Crippen molar-refractivity contribution in [1.82, 2.24) is 9.36 Å². The van der Waals surface area contributed by atoms with E-state index in [4.69, 9.17) is 5.73 Å².